The van der Waals surface area contributed by atoms with Crippen LogP contribution in [0.4, 0.5) is 0 Å². The summed E-state index contributed by atoms with van der Waals surface area (Å²) < 4.78 is 33.2. The van der Waals surface area contributed by atoms with Gasteiger partial charge in [0.25, 0.3) is 0 Å². The molecule has 0 spiro atoms. The Balaban J connectivity index is 0.912. The first kappa shape index (κ1) is 27.4. The first-order valence-corrected chi connectivity index (χ1v) is 14.9. The van der Waals surface area contributed by atoms with Gasteiger partial charge >= 0.3 is 11.9 Å². The highest BCUT2D eigenvalue weighted by Crippen LogP contribution is 2.42. The molecule has 224 valence electrons. The van der Waals surface area contributed by atoms with E-state index in [0.29, 0.717) is 41.6 Å². The fourth-order valence-electron chi connectivity index (χ4n) is 5.44. The molecule has 2 fully saturated rings. The SMILES string of the molecule is O=C(OC1=CC2C(=Cc3cc(OC(=O)c4ccc5cc(OCC6CO6)ccc5c4)ccc32)C=C1)c1ccc(OCC2CO2)cc1. The number of fused-ring (bicyclic) bond motifs is 4. The van der Waals surface area contributed by atoms with Crippen LogP contribution >= 0.6 is 0 Å². The Labute approximate surface area is 259 Å². The molecule has 0 saturated carbocycles. The molecule has 0 amide bonds. The summed E-state index contributed by atoms with van der Waals surface area (Å²) >= 11 is 0. The number of carbonyl (C=O) groups is 2. The second-order valence-electron chi connectivity index (χ2n) is 11.4. The van der Waals surface area contributed by atoms with E-state index in [-0.39, 0.29) is 18.1 Å². The Morgan fingerprint density at radius 3 is 2.09 bits per heavy atom. The molecule has 4 aliphatic rings. The summed E-state index contributed by atoms with van der Waals surface area (Å²) in [7, 11) is 0. The Morgan fingerprint density at radius 1 is 0.667 bits per heavy atom. The number of benzene rings is 4. The van der Waals surface area contributed by atoms with Crippen molar-refractivity contribution in [2.45, 2.75) is 18.1 Å². The average Bonchev–Trinajstić information content (AvgIpc) is 4.00. The van der Waals surface area contributed by atoms with Gasteiger partial charge in [0.05, 0.1) is 24.3 Å². The van der Waals surface area contributed by atoms with Crippen molar-refractivity contribution in [3.63, 3.8) is 0 Å². The number of hydrogen-bond acceptors (Lipinski definition) is 8. The van der Waals surface area contributed by atoms with E-state index < -0.39 is 11.9 Å². The molecule has 8 rings (SSSR count). The van der Waals surface area contributed by atoms with Crippen LogP contribution in [-0.4, -0.2) is 50.6 Å². The van der Waals surface area contributed by atoms with Gasteiger partial charge in [-0.1, -0.05) is 30.4 Å². The third-order valence-corrected chi connectivity index (χ3v) is 8.08. The summed E-state index contributed by atoms with van der Waals surface area (Å²) in [5.41, 5.74) is 3.95. The van der Waals surface area contributed by atoms with Crippen LogP contribution in [0.3, 0.4) is 0 Å². The van der Waals surface area contributed by atoms with E-state index in [1.165, 1.54) is 0 Å². The topological polar surface area (TPSA) is 96.1 Å². The first-order chi connectivity index (χ1) is 22.0. The van der Waals surface area contributed by atoms with Gasteiger partial charge in [-0.25, -0.2) is 9.59 Å². The van der Waals surface area contributed by atoms with E-state index in [0.717, 1.165) is 46.4 Å². The van der Waals surface area contributed by atoms with Crippen molar-refractivity contribution in [1.29, 1.82) is 0 Å². The van der Waals surface area contributed by atoms with Gasteiger partial charge in [-0.2, -0.15) is 0 Å². The smallest absolute Gasteiger partial charge is 0.343 e. The van der Waals surface area contributed by atoms with Crippen LogP contribution in [0, 0.1) is 0 Å². The van der Waals surface area contributed by atoms with Crippen LogP contribution in [-0.2, 0) is 14.2 Å². The van der Waals surface area contributed by atoms with Gasteiger partial charge in [-0.3, -0.25) is 0 Å². The van der Waals surface area contributed by atoms with Crippen molar-refractivity contribution in [2.24, 2.45) is 0 Å². The van der Waals surface area contributed by atoms with E-state index >= 15 is 0 Å². The average molecular weight is 601 g/mol. The molecule has 0 aromatic heterocycles. The number of esters is 2. The van der Waals surface area contributed by atoms with E-state index in [1.807, 2.05) is 54.6 Å². The molecule has 2 heterocycles. The minimum atomic E-state index is -0.443. The van der Waals surface area contributed by atoms with Crippen molar-refractivity contribution in [3.8, 4) is 17.2 Å². The number of epoxide rings is 2. The largest absolute Gasteiger partial charge is 0.491 e. The molecule has 8 heteroatoms. The number of rotatable bonds is 10. The van der Waals surface area contributed by atoms with Crippen molar-refractivity contribution < 1.29 is 38.0 Å². The second kappa shape index (κ2) is 11.4. The summed E-state index contributed by atoms with van der Waals surface area (Å²) in [6.45, 7) is 2.52. The number of carbonyl (C=O) groups excluding carboxylic acids is 2. The van der Waals surface area contributed by atoms with Gasteiger partial charge < -0.3 is 28.4 Å². The number of allylic oxidation sites excluding steroid dienone is 4. The van der Waals surface area contributed by atoms with Crippen molar-refractivity contribution in [2.75, 3.05) is 26.4 Å². The molecule has 45 heavy (non-hydrogen) atoms. The molecule has 2 saturated heterocycles. The minimum Gasteiger partial charge on any atom is -0.491 e. The van der Waals surface area contributed by atoms with Crippen LogP contribution in [0.5, 0.6) is 17.2 Å². The van der Waals surface area contributed by atoms with Gasteiger partial charge in [-0.15, -0.1) is 0 Å². The fraction of sp³-hybridized carbons (Fsp3) is 0.189. The van der Waals surface area contributed by atoms with Gasteiger partial charge in [0, 0.05) is 5.92 Å². The summed E-state index contributed by atoms with van der Waals surface area (Å²) in [6.07, 6.45) is 8.08. The Morgan fingerprint density at radius 2 is 1.31 bits per heavy atom. The van der Waals surface area contributed by atoms with Crippen LogP contribution in [0.1, 0.15) is 37.8 Å². The zero-order valence-electron chi connectivity index (χ0n) is 24.1. The molecule has 4 aromatic carbocycles. The lowest BCUT2D eigenvalue weighted by Crippen LogP contribution is -2.09. The van der Waals surface area contributed by atoms with Crippen LogP contribution in [0.15, 0.2) is 108 Å². The summed E-state index contributed by atoms with van der Waals surface area (Å²) in [5.74, 6) is 1.44. The Bertz CT molecular complexity index is 1910. The Kier molecular flexibility index (Phi) is 6.93. The molecule has 0 radical (unpaired) electrons. The predicted octanol–water partition coefficient (Wildman–Crippen LogP) is 6.41. The van der Waals surface area contributed by atoms with Gasteiger partial charge in [-0.05, 0) is 100 Å². The lowest BCUT2D eigenvalue weighted by Gasteiger charge is -2.17. The molecule has 4 aromatic rings. The highest BCUT2D eigenvalue weighted by molar-refractivity contribution is 5.97. The van der Waals surface area contributed by atoms with E-state index in [4.69, 9.17) is 28.4 Å². The molecule has 3 atom stereocenters. The maximum atomic E-state index is 13.0. The van der Waals surface area contributed by atoms with E-state index in [2.05, 4.69) is 6.08 Å². The third kappa shape index (κ3) is 6.11. The molecule has 2 aliphatic carbocycles. The summed E-state index contributed by atoms with van der Waals surface area (Å²) in [5, 5.41) is 1.89. The fourth-order valence-corrected chi connectivity index (χ4v) is 5.44. The van der Waals surface area contributed by atoms with Crippen LogP contribution in [0.25, 0.3) is 16.8 Å². The Hall–Kier alpha value is -5.18. The van der Waals surface area contributed by atoms with Crippen LogP contribution in [0.2, 0.25) is 0 Å². The van der Waals surface area contributed by atoms with Gasteiger partial charge in [0.15, 0.2) is 0 Å². The quantitative estimate of drug-likeness (QED) is 0.117. The standard InChI is InChI=1S/C37H28O8/c38-36(22-3-7-28(8-4-22)40-18-32-20-42-32)45-31-10-6-25-14-27-16-30(11-12-34(27)35(25)17-31)44-37(39)26-2-1-24-15-29(9-5-23(24)13-26)41-19-33-21-43-33/h1-17,32-33,35H,18-21H2. The number of hydrogen-bond donors (Lipinski definition) is 0. The van der Waals surface area contributed by atoms with Gasteiger partial charge in [0.1, 0.15) is 48.4 Å². The molecule has 2 aliphatic heterocycles. The zero-order valence-corrected chi connectivity index (χ0v) is 24.1. The maximum Gasteiger partial charge on any atom is 0.343 e. The molecule has 8 nitrogen and oxygen atoms in total. The van der Waals surface area contributed by atoms with Gasteiger partial charge in [0.2, 0.25) is 0 Å². The first-order valence-electron chi connectivity index (χ1n) is 14.9. The van der Waals surface area contributed by atoms with E-state index in [9.17, 15) is 9.59 Å². The van der Waals surface area contributed by atoms with Crippen molar-refractivity contribution in [3.05, 3.63) is 131 Å². The van der Waals surface area contributed by atoms with Crippen LogP contribution < -0.4 is 14.2 Å². The molecular formula is C37H28O8. The minimum absolute atomic E-state index is 0.0656. The maximum absolute atomic E-state index is 13.0. The third-order valence-electron chi connectivity index (χ3n) is 8.08. The zero-order chi connectivity index (χ0) is 30.3. The van der Waals surface area contributed by atoms with Crippen molar-refractivity contribution >= 4 is 28.8 Å². The van der Waals surface area contributed by atoms with Crippen molar-refractivity contribution in [1.82, 2.24) is 0 Å². The molecule has 0 bridgehead atoms. The molecule has 3 unspecified atom stereocenters. The lowest BCUT2D eigenvalue weighted by atomic mass is 9.92. The molecular weight excluding hydrogens is 572 g/mol. The number of ether oxygens (including phenoxy) is 6. The highest BCUT2D eigenvalue weighted by atomic mass is 16.6. The molecule has 0 N–H and O–H groups in total. The normalized spacial score (nSPS) is 20.4. The summed E-state index contributed by atoms with van der Waals surface area (Å²) in [4.78, 5) is 25.9. The van der Waals surface area contributed by atoms with E-state index in [1.54, 1.807) is 42.5 Å². The predicted molar refractivity (Wildman–Crippen MR) is 166 cm³/mol. The monoisotopic (exact) mass is 600 g/mol. The lowest BCUT2D eigenvalue weighted by molar-refractivity contribution is 0.0634. The second-order valence-corrected chi connectivity index (χ2v) is 11.4. The highest BCUT2D eigenvalue weighted by Gasteiger charge is 2.27. The summed E-state index contributed by atoms with van der Waals surface area (Å²) in [6, 6.07) is 23.7.